The van der Waals surface area contributed by atoms with Crippen LogP contribution in [0, 0.1) is 0 Å². The second-order valence-electron chi connectivity index (χ2n) is 7.80. The SMILES string of the molecule is CCCCCCCCCCCCCCCCCC(CO)N(CC)CC. The normalized spacial score (nSPS) is 12.8. The molecule has 0 saturated carbocycles. The van der Waals surface area contributed by atoms with E-state index in [0.717, 1.165) is 19.5 Å². The van der Waals surface area contributed by atoms with Crippen molar-refractivity contribution in [2.45, 2.75) is 130 Å². The van der Waals surface area contributed by atoms with Crippen molar-refractivity contribution in [2.75, 3.05) is 19.7 Å². The molecule has 25 heavy (non-hydrogen) atoms. The fraction of sp³-hybridized carbons (Fsp3) is 1.00. The Balaban J connectivity index is 3.25. The lowest BCUT2D eigenvalue weighted by molar-refractivity contribution is 0.124. The van der Waals surface area contributed by atoms with Crippen LogP contribution in [0.5, 0.6) is 0 Å². The van der Waals surface area contributed by atoms with Crippen molar-refractivity contribution >= 4 is 0 Å². The van der Waals surface area contributed by atoms with Crippen LogP contribution < -0.4 is 0 Å². The van der Waals surface area contributed by atoms with Gasteiger partial charge in [-0.3, -0.25) is 4.90 Å². The first-order valence-corrected chi connectivity index (χ1v) is 11.6. The molecule has 0 bridgehead atoms. The van der Waals surface area contributed by atoms with Gasteiger partial charge in [0.05, 0.1) is 6.61 Å². The molecular formula is C23H49NO. The van der Waals surface area contributed by atoms with Gasteiger partial charge in [-0.05, 0) is 19.5 Å². The van der Waals surface area contributed by atoms with Gasteiger partial charge < -0.3 is 5.11 Å². The lowest BCUT2D eigenvalue weighted by atomic mass is 10.0. The molecule has 0 fully saturated rings. The predicted molar refractivity (Wildman–Crippen MR) is 113 cm³/mol. The van der Waals surface area contributed by atoms with Gasteiger partial charge in [0.15, 0.2) is 0 Å². The number of aliphatic hydroxyl groups is 1. The fourth-order valence-corrected chi connectivity index (χ4v) is 3.88. The number of unbranched alkanes of at least 4 members (excludes halogenated alkanes) is 14. The first-order valence-electron chi connectivity index (χ1n) is 11.6. The van der Waals surface area contributed by atoms with E-state index < -0.39 is 0 Å². The maximum atomic E-state index is 9.53. The maximum Gasteiger partial charge on any atom is 0.0586 e. The Morgan fingerprint density at radius 2 is 0.920 bits per heavy atom. The molecule has 0 spiro atoms. The molecule has 0 rings (SSSR count). The topological polar surface area (TPSA) is 23.5 Å². The van der Waals surface area contributed by atoms with Gasteiger partial charge in [-0.15, -0.1) is 0 Å². The molecule has 1 N–H and O–H groups in total. The molecule has 1 unspecified atom stereocenters. The van der Waals surface area contributed by atoms with E-state index in [1.807, 2.05) is 0 Å². The summed E-state index contributed by atoms with van der Waals surface area (Å²) in [6.07, 6.45) is 22.4. The van der Waals surface area contributed by atoms with E-state index in [4.69, 9.17) is 0 Å². The summed E-state index contributed by atoms with van der Waals surface area (Å²) in [5.74, 6) is 0. The average Bonchev–Trinajstić information content (AvgIpc) is 2.64. The van der Waals surface area contributed by atoms with Gasteiger partial charge >= 0.3 is 0 Å². The van der Waals surface area contributed by atoms with E-state index in [1.54, 1.807) is 0 Å². The molecule has 0 radical (unpaired) electrons. The monoisotopic (exact) mass is 355 g/mol. The predicted octanol–water partition coefficient (Wildman–Crippen LogP) is 6.95. The zero-order chi connectivity index (χ0) is 18.6. The number of aliphatic hydroxyl groups excluding tert-OH is 1. The van der Waals surface area contributed by atoms with E-state index in [1.165, 1.54) is 96.3 Å². The second kappa shape index (κ2) is 20.2. The van der Waals surface area contributed by atoms with Gasteiger partial charge in [-0.25, -0.2) is 0 Å². The highest BCUT2D eigenvalue weighted by molar-refractivity contribution is 4.68. The molecule has 0 amide bonds. The van der Waals surface area contributed by atoms with Crippen molar-refractivity contribution < 1.29 is 5.11 Å². The first kappa shape index (κ1) is 24.9. The molecule has 0 aliphatic heterocycles. The zero-order valence-corrected chi connectivity index (χ0v) is 17.9. The van der Waals surface area contributed by atoms with Crippen LogP contribution in [-0.2, 0) is 0 Å². The van der Waals surface area contributed by atoms with Crippen LogP contribution in [0.4, 0.5) is 0 Å². The van der Waals surface area contributed by atoms with Gasteiger partial charge in [-0.1, -0.05) is 117 Å². The largest absolute Gasteiger partial charge is 0.395 e. The molecular weight excluding hydrogens is 306 g/mol. The van der Waals surface area contributed by atoms with Crippen molar-refractivity contribution in [2.24, 2.45) is 0 Å². The first-order chi connectivity index (χ1) is 12.3. The molecule has 2 heteroatoms. The Hall–Kier alpha value is -0.0800. The van der Waals surface area contributed by atoms with Gasteiger partial charge in [0.1, 0.15) is 0 Å². The third-order valence-corrected chi connectivity index (χ3v) is 5.68. The van der Waals surface area contributed by atoms with Crippen molar-refractivity contribution in [1.82, 2.24) is 4.90 Å². The molecule has 0 aromatic carbocycles. The van der Waals surface area contributed by atoms with Gasteiger partial charge in [0, 0.05) is 6.04 Å². The standard InChI is InChI=1S/C23H49NO/c1-4-7-8-9-10-11-12-13-14-15-16-17-18-19-20-21-23(22-25)24(5-2)6-3/h23,25H,4-22H2,1-3H3. The fourth-order valence-electron chi connectivity index (χ4n) is 3.88. The van der Waals surface area contributed by atoms with E-state index in [-0.39, 0.29) is 0 Å². The number of likely N-dealkylation sites (N-methyl/N-ethyl adjacent to an activating group) is 1. The average molecular weight is 356 g/mol. The van der Waals surface area contributed by atoms with Gasteiger partial charge in [0.2, 0.25) is 0 Å². The van der Waals surface area contributed by atoms with E-state index in [0.29, 0.717) is 12.6 Å². The summed E-state index contributed by atoms with van der Waals surface area (Å²) < 4.78 is 0. The van der Waals surface area contributed by atoms with Crippen molar-refractivity contribution in [3.05, 3.63) is 0 Å². The Bertz CT molecular complexity index is 240. The highest BCUT2D eigenvalue weighted by Gasteiger charge is 2.13. The minimum absolute atomic E-state index is 0.320. The second-order valence-corrected chi connectivity index (χ2v) is 7.80. The highest BCUT2D eigenvalue weighted by Crippen LogP contribution is 2.15. The molecule has 0 aromatic heterocycles. The summed E-state index contributed by atoms with van der Waals surface area (Å²) in [6.45, 7) is 9.11. The molecule has 1 atom stereocenters. The minimum atomic E-state index is 0.320. The number of hydrogen-bond acceptors (Lipinski definition) is 2. The molecule has 0 aliphatic carbocycles. The summed E-state index contributed by atoms with van der Waals surface area (Å²) in [4.78, 5) is 2.39. The lowest BCUT2D eigenvalue weighted by Crippen LogP contribution is -2.37. The van der Waals surface area contributed by atoms with E-state index >= 15 is 0 Å². The molecule has 2 nitrogen and oxygen atoms in total. The number of hydrogen-bond donors (Lipinski definition) is 1. The Morgan fingerprint density at radius 3 is 1.24 bits per heavy atom. The molecule has 0 aromatic rings. The lowest BCUT2D eigenvalue weighted by Gasteiger charge is -2.28. The van der Waals surface area contributed by atoms with Crippen LogP contribution in [0.3, 0.4) is 0 Å². The van der Waals surface area contributed by atoms with Crippen molar-refractivity contribution in [3.63, 3.8) is 0 Å². The van der Waals surface area contributed by atoms with Crippen LogP contribution in [-0.4, -0.2) is 35.7 Å². The van der Waals surface area contributed by atoms with E-state index in [9.17, 15) is 5.11 Å². The Labute approximate surface area is 159 Å². The van der Waals surface area contributed by atoms with Crippen molar-refractivity contribution in [3.8, 4) is 0 Å². The van der Waals surface area contributed by atoms with Crippen LogP contribution >= 0.6 is 0 Å². The molecule has 0 saturated heterocycles. The molecule has 0 heterocycles. The summed E-state index contributed by atoms with van der Waals surface area (Å²) in [7, 11) is 0. The maximum absolute atomic E-state index is 9.53. The smallest absolute Gasteiger partial charge is 0.0586 e. The quantitative estimate of drug-likeness (QED) is 0.239. The summed E-state index contributed by atoms with van der Waals surface area (Å²) >= 11 is 0. The third-order valence-electron chi connectivity index (χ3n) is 5.68. The van der Waals surface area contributed by atoms with Gasteiger partial charge in [0.25, 0.3) is 0 Å². The highest BCUT2D eigenvalue weighted by atomic mass is 16.3. The summed E-state index contributed by atoms with van der Waals surface area (Å²) in [5, 5.41) is 9.53. The third kappa shape index (κ3) is 15.9. The molecule has 152 valence electrons. The summed E-state index contributed by atoms with van der Waals surface area (Å²) in [6, 6.07) is 0.386. The van der Waals surface area contributed by atoms with Crippen molar-refractivity contribution in [1.29, 1.82) is 0 Å². The van der Waals surface area contributed by atoms with Crippen LogP contribution in [0.1, 0.15) is 124 Å². The summed E-state index contributed by atoms with van der Waals surface area (Å²) in [5.41, 5.74) is 0. The molecule has 0 aliphatic rings. The van der Waals surface area contributed by atoms with Crippen LogP contribution in [0.25, 0.3) is 0 Å². The van der Waals surface area contributed by atoms with Crippen LogP contribution in [0.15, 0.2) is 0 Å². The number of nitrogens with zero attached hydrogens (tertiary/aromatic N) is 1. The Kier molecular flexibility index (Phi) is 20.2. The minimum Gasteiger partial charge on any atom is -0.395 e. The van der Waals surface area contributed by atoms with E-state index in [2.05, 4.69) is 25.7 Å². The Morgan fingerprint density at radius 1 is 0.560 bits per heavy atom. The number of rotatable bonds is 20. The van der Waals surface area contributed by atoms with Crippen LogP contribution in [0.2, 0.25) is 0 Å². The zero-order valence-electron chi connectivity index (χ0n) is 17.9. The van der Waals surface area contributed by atoms with Gasteiger partial charge in [-0.2, -0.15) is 0 Å².